The van der Waals surface area contributed by atoms with Gasteiger partial charge in [0.1, 0.15) is 0 Å². The van der Waals surface area contributed by atoms with Gasteiger partial charge in [-0.05, 0) is 82.5 Å². The van der Waals surface area contributed by atoms with Gasteiger partial charge in [0.05, 0.1) is 0 Å². The summed E-state index contributed by atoms with van der Waals surface area (Å²) in [7, 11) is 0. The van der Waals surface area contributed by atoms with E-state index in [4.69, 9.17) is 0 Å². The van der Waals surface area contributed by atoms with Gasteiger partial charge in [0.15, 0.2) is 0 Å². The van der Waals surface area contributed by atoms with Gasteiger partial charge >= 0.3 is 0 Å². The molecule has 0 N–H and O–H groups in total. The Balaban J connectivity index is 1.69. The van der Waals surface area contributed by atoms with E-state index in [1.54, 1.807) is 0 Å². The fraction of sp³-hybridized carbons (Fsp3) is 0.692. The van der Waals surface area contributed by atoms with Crippen LogP contribution in [0.15, 0.2) is 0 Å². The normalized spacial score (nSPS) is 27.7. The minimum atomic E-state index is 1.34. The molecule has 0 saturated heterocycles. The monoisotopic (exact) mass is 176 g/mol. The van der Waals surface area contributed by atoms with Gasteiger partial charge in [-0.3, -0.25) is 0 Å². The molecule has 4 radical (unpaired) electrons. The quantitative estimate of drug-likeness (QED) is 0.594. The molecule has 0 heteroatoms. The minimum absolute atomic E-state index is 1.34. The molecule has 0 bridgehead atoms. The van der Waals surface area contributed by atoms with Crippen molar-refractivity contribution in [3.8, 4) is 0 Å². The van der Waals surface area contributed by atoms with E-state index in [0.717, 1.165) is 0 Å². The Labute approximate surface area is 83.1 Å². The molecular weight excluding hydrogens is 156 g/mol. The third kappa shape index (κ3) is 3.00. The number of hydrogen-bond donors (Lipinski definition) is 0. The zero-order valence-electron chi connectivity index (χ0n) is 8.52. The van der Waals surface area contributed by atoms with Crippen LogP contribution in [-0.4, -0.2) is 0 Å². The second-order valence-electron chi connectivity index (χ2n) is 4.41. The van der Waals surface area contributed by atoms with Crippen molar-refractivity contribution in [1.82, 2.24) is 0 Å². The van der Waals surface area contributed by atoms with Gasteiger partial charge in [0.25, 0.3) is 0 Å². The van der Waals surface area contributed by atoms with Crippen LogP contribution in [0.4, 0.5) is 0 Å². The van der Waals surface area contributed by atoms with Crippen LogP contribution >= 0.6 is 0 Å². The van der Waals surface area contributed by atoms with Crippen LogP contribution in [-0.2, 0) is 0 Å². The first-order chi connectivity index (χ1) is 6.45. The smallest absolute Gasteiger partial charge is 0.0235 e. The van der Waals surface area contributed by atoms with Crippen LogP contribution in [0.5, 0.6) is 0 Å². The van der Waals surface area contributed by atoms with Crippen molar-refractivity contribution in [3.05, 3.63) is 24.7 Å². The van der Waals surface area contributed by atoms with Crippen LogP contribution in [0.1, 0.15) is 57.8 Å². The van der Waals surface area contributed by atoms with Gasteiger partial charge in [-0.15, -0.1) is 0 Å². The third-order valence-electron chi connectivity index (χ3n) is 3.31. The van der Waals surface area contributed by atoms with Gasteiger partial charge in [-0.1, -0.05) is 0 Å². The molecule has 0 amide bonds. The molecule has 0 aromatic heterocycles. The zero-order valence-corrected chi connectivity index (χ0v) is 8.52. The predicted molar refractivity (Wildman–Crippen MR) is 56.6 cm³/mol. The maximum absolute atomic E-state index is 2.45. The molecule has 2 saturated carbocycles. The molecule has 0 aromatic rings. The highest BCUT2D eigenvalue weighted by Crippen LogP contribution is 2.36. The van der Waals surface area contributed by atoms with E-state index in [1.807, 2.05) is 11.8 Å². The lowest BCUT2D eigenvalue weighted by molar-refractivity contribution is 0.527. The van der Waals surface area contributed by atoms with E-state index in [1.165, 1.54) is 57.8 Å². The van der Waals surface area contributed by atoms with E-state index in [2.05, 4.69) is 12.8 Å². The molecular formula is C13H20. The summed E-state index contributed by atoms with van der Waals surface area (Å²) in [5, 5.41) is 0. The average molecular weight is 176 g/mol. The minimum Gasteiger partial charge on any atom is -0.0496 e. The molecule has 0 heterocycles. The summed E-state index contributed by atoms with van der Waals surface area (Å²) in [6.45, 7) is 0. The van der Waals surface area contributed by atoms with Gasteiger partial charge in [0.2, 0.25) is 0 Å². The summed E-state index contributed by atoms with van der Waals surface area (Å²) in [6, 6.07) is 0. The van der Waals surface area contributed by atoms with Gasteiger partial charge < -0.3 is 0 Å². The van der Waals surface area contributed by atoms with Crippen molar-refractivity contribution >= 4 is 0 Å². The van der Waals surface area contributed by atoms with E-state index in [0.29, 0.717) is 0 Å². The topological polar surface area (TPSA) is 0 Å². The molecule has 0 unspecified atom stereocenters. The molecule has 2 rings (SSSR count). The first kappa shape index (κ1) is 9.55. The third-order valence-corrected chi connectivity index (χ3v) is 3.31. The molecule has 0 aromatic carbocycles. The molecule has 13 heavy (non-hydrogen) atoms. The maximum atomic E-state index is 2.45. The van der Waals surface area contributed by atoms with E-state index in [-0.39, 0.29) is 0 Å². The van der Waals surface area contributed by atoms with Gasteiger partial charge in [-0.2, -0.15) is 0 Å². The highest BCUT2D eigenvalue weighted by atomic mass is 14.3. The molecule has 0 spiro atoms. The Hall–Kier alpha value is 0. The second kappa shape index (κ2) is 5.02. The fourth-order valence-electron chi connectivity index (χ4n) is 2.47. The molecule has 0 nitrogen and oxygen atoms in total. The van der Waals surface area contributed by atoms with E-state index >= 15 is 0 Å². The lowest BCUT2D eigenvalue weighted by Crippen LogP contribution is -2.12. The second-order valence-corrected chi connectivity index (χ2v) is 4.41. The van der Waals surface area contributed by atoms with Crippen molar-refractivity contribution in [2.45, 2.75) is 57.8 Å². The van der Waals surface area contributed by atoms with E-state index in [9.17, 15) is 0 Å². The van der Waals surface area contributed by atoms with Crippen LogP contribution in [0, 0.1) is 24.7 Å². The Bertz CT molecular complexity index is 111. The Kier molecular flexibility index (Phi) is 3.69. The van der Waals surface area contributed by atoms with Crippen molar-refractivity contribution < 1.29 is 0 Å². The summed E-state index contributed by atoms with van der Waals surface area (Å²) in [4.78, 5) is 0. The Morgan fingerprint density at radius 2 is 1.08 bits per heavy atom. The molecule has 2 aliphatic carbocycles. The molecule has 72 valence electrons. The average Bonchev–Trinajstić information content (AvgIpc) is 2.21. The predicted octanol–water partition coefficient (Wildman–Crippen LogP) is 4.08. The summed E-state index contributed by atoms with van der Waals surface area (Å²) in [5.74, 6) is 3.67. The summed E-state index contributed by atoms with van der Waals surface area (Å²) < 4.78 is 0. The standard InChI is InChI=1S/C13H20/c1-3-7-12(8-4-1)11-13-9-5-2-6-10-13/h1-2H,3-11H2. The van der Waals surface area contributed by atoms with Gasteiger partial charge in [-0.25, -0.2) is 0 Å². The molecule has 2 aliphatic rings. The highest BCUT2D eigenvalue weighted by Gasteiger charge is 2.21. The van der Waals surface area contributed by atoms with Crippen molar-refractivity contribution in [2.24, 2.45) is 0 Å². The summed E-state index contributed by atoms with van der Waals surface area (Å²) in [5.41, 5.74) is 0. The lowest BCUT2D eigenvalue weighted by atomic mass is 9.78. The first-order valence-corrected chi connectivity index (χ1v) is 5.75. The van der Waals surface area contributed by atoms with Crippen molar-refractivity contribution in [2.75, 3.05) is 0 Å². The van der Waals surface area contributed by atoms with E-state index < -0.39 is 0 Å². The lowest BCUT2D eigenvalue weighted by Gasteiger charge is -2.27. The molecule has 0 atom stereocenters. The van der Waals surface area contributed by atoms with Crippen molar-refractivity contribution in [3.63, 3.8) is 0 Å². The molecule has 0 aliphatic heterocycles. The zero-order chi connectivity index (χ0) is 8.93. The number of hydrogen-bond acceptors (Lipinski definition) is 0. The first-order valence-electron chi connectivity index (χ1n) is 5.75. The van der Waals surface area contributed by atoms with Gasteiger partial charge in [0, 0.05) is 0 Å². The van der Waals surface area contributed by atoms with Crippen LogP contribution < -0.4 is 0 Å². The highest BCUT2D eigenvalue weighted by molar-refractivity contribution is 5.08. The SMILES string of the molecule is [CH]1CC[C](C[C]2CC[CH]CC2)CC1. The van der Waals surface area contributed by atoms with Crippen LogP contribution in [0.2, 0.25) is 0 Å². The Morgan fingerprint density at radius 1 is 0.692 bits per heavy atom. The summed E-state index contributed by atoms with van der Waals surface area (Å²) in [6.07, 6.45) is 17.2. The maximum Gasteiger partial charge on any atom is -0.0235 e. The van der Waals surface area contributed by atoms with Crippen molar-refractivity contribution in [1.29, 1.82) is 0 Å². The largest absolute Gasteiger partial charge is 0.0496 e. The number of rotatable bonds is 2. The van der Waals surface area contributed by atoms with Crippen LogP contribution in [0.3, 0.4) is 0 Å². The Morgan fingerprint density at radius 3 is 1.46 bits per heavy atom. The fourth-order valence-corrected chi connectivity index (χ4v) is 2.47. The molecule has 2 fully saturated rings. The van der Waals surface area contributed by atoms with Crippen LogP contribution in [0.25, 0.3) is 0 Å². The summed E-state index contributed by atoms with van der Waals surface area (Å²) >= 11 is 0.